The first-order valence-corrected chi connectivity index (χ1v) is 14.6. The average molecular weight is 652 g/mol. The smallest absolute Gasteiger partial charge is 0.414 e. The Morgan fingerprint density at radius 1 is 1.02 bits per heavy atom. The van der Waals surface area contributed by atoms with Crippen LogP contribution in [0.15, 0.2) is 53.0 Å². The topological polar surface area (TPSA) is 123 Å². The minimum absolute atomic E-state index is 0.222. The van der Waals surface area contributed by atoms with Gasteiger partial charge in [0.25, 0.3) is 0 Å². The van der Waals surface area contributed by atoms with Gasteiger partial charge in [0.05, 0.1) is 4.47 Å². The molecular formula is C29H36BrClN4O6. The Hall–Kier alpha value is -2.96. The molecule has 0 aromatic heterocycles. The molecule has 2 aliphatic heterocycles. The fourth-order valence-electron chi connectivity index (χ4n) is 4.65. The van der Waals surface area contributed by atoms with Crippen LogP contribution in [0, 0.1) is 0 Å². The first-order chi connectivity index (χ1) is 19.6. The Labute approximate surface area is 253 Å². The summed E-state index contributed by atoms with van der Waals surface area (Å²) in [7, 11) is 2.22. The number of nitrogens with one attached hydrogen (secondary N) is 1. The van der Waals surface area contributed by atoms with Gasteiger partial charge in [-0.15, -0.1) is 0 Å². The van der Waals surface area contributed by atoms with Crippen LogP contribution in [0.4, 0.5) is 5.69 Å². The Balaban J connectivity index is 0.000000696. The molecule has 2 fully saturated rings. The number of nitrogens with zero attached hydrogens (tertiary/aromatic N) is 3. The van der Waals surface area contributed by atoms with Crippen molar-refractivity contribution in [1.82, 2.24) is 14.7 Å². The summed E-state index contributed by atoms with van der Waals surface area (Å²) >= 11 is 9.70. The van der Waals surface area contributed by atoms with Gasteiger partial charge in [0, 0.05) is 61.6 Å². The fourth-order valence-corrected chi connectivity index (χ4v) is 5.21. The van der Waals surface area contributed by atoms with E-state index < -0.39 is 11.9 Å². The van der Waals surface area contributed by atoms with E-state index in [0.29, 0.717) is 17.3 Å². The molecule has 2 aromatic rings. The van der Waals surface area contributed by atoms with Gasteiger partial charge >= 0.3 is 11.9 Å². The summed E-state index contributed by atoms with van der Waals surface area (Å²) in [6.07, 6.45) is 5.77. The second-order valence-electron chi connectivity index (χ2n) is 9.86. The molecule has 0 bridgehead atoms. The minimum atomic E-state index is -1.82. The minimum Gasteiger partial charge on any atom is -0.491 e. The van der Waals surface area contributed by atoms with E-state index >= 15 is 0 Å². The monoisotopic (exact) mass is 650 g/mol. The first kappa shape index (κ1) is 32.6. The number of carbonyl (C=O) groups excluding carboxylic acids is 1. The van der Waals surface area contributed by atoms with Gasteiger partial charge in [-0.25, -0.2) is 9.59 Å². The average Bonchev–Trinajstić information content (AvgIpc) is 2.95. The highest BCUT2D eigenvalue weighted by Gasteiger charge is 2.26. The van der Waals surface area contributed by atoms with Crippen LogP contribution in [0.2, 0.25) is 5.02 Å². The summed E-state index contributed by atoms with van der Waals surface area (Å²) in [5.41, 5.74) is 1.49. The number of likely N-dealkylation sites (tertiary alicyclic amines) is 1. The van der Waals surface area contributed by atoms with Gasteiger partial charge in [-0.2, -0.15) is 0 Å². The number of halogens is 2. The van der Waals surface area contributed by atoms with Gasteiger partial charge in [0.15, 0.2) is 0 Å². The zero-order chi connectivity index (χ0) is 29.8. The molecule has 2 heterocycles. The number of hydrogen-bond donors (Lipinski definition) is 3. The van der Waals surface area contributed by atoms with E-state index in [1.807, 2.05) is 36.4 Å². The number of carboxylic acids is 2. The molecule has 10 nitrogen and oxygen atoms in total. The van der Waals surface area contributed by atoms with Crippen molar-refractivity contribution in [3.8, 4) is 5.75 Å². The van der Waals surface area contributed by atoms with Gasteiger partial charge < -0.3 is 25.2 Å². The van der Waals surface area contributed by atoms with Crippen molar-refractivity contribution in [3.05, 3.63) is 63.6 Å². The molecule has 12 heteroatoms. The third-order valence-corrected chi connectivity index (χ3v) is 7.98. The Kier molecular flexibility index (Phi) is 13.1. The number of aliphatic carboxylic acids is 2. The molecule has 0 unspecified atom stereocenters. The predicted octanol–water partition coefficient (Wildman–Crippen LogP) is 4.00. The van der Waals surface area contributed by atoms with Crippen molar-refractivity contribution in [1.29, 1.82) is 0 Å². The number of benzene rings is 2. The third-order valence-electron chi connectivity index (χ3n) is 6.98. The van der Waals surface area contributed by atoms with E-state index in [9.17, 15) is 4.79 Å². The van der Waals surface area contributed by atoms with Crippen molar-refractivity contribution >= 4 is 57.1 Å². The second kappa shape index (κ2) is 16.5. The summed E-state index contributed by atoms with van der Waals surface area (Å²) in [4.78, 5) is 38.1. The van der Waals surface area contributed by atoms with Crippen molar-refractivity contribution in [2.45, 2.75) is 18.9 Å². The van der Waals surface area contributed by atoms with Gasteiger partial charge in [-0.3, -0.25) is 14.6 Å². The first-order valence-electron chi connectivity index (χ1n) is 13.4. The highest BCUT2D eigenvalue weighted by Crippen LogP contribution is 2.28. The molecule has 222 valence electrons. The summed E-state index contributed by atoms with van der Waals surface area (Å²) in [6, 6.07) is 13.8. The predicted molar refractivity (Wildman–Crippen MR) is 163 cm³/mol. The Morgan fingerprint density at radius 3 is 2.32 bits per heavy atom. The number of carbonyl (C=O) groups is 3. The van der Waals surface area contributed by atoms with Crippen molar-refractivity contribution in [2.75, 3.05) is 64.8 Å². The molecule has 2 aliphatic rings. The van der Waals surface area contributed by atoms with E-state index in [1.165, 1.54) is 32.0 Å². The van der Waals surface area contributed by atoms with Crippen LogP contribution in [-0.2, 0) is 14.4 Å². The van der Waals surface area contributed by atoms with Crippen LogP contribution in [-0.4, -0.2) is 108 Å². The molecule has 4 rings (SSSR count). The molecule has 41 heavy (non-hydrogen) atoms. The van der Waals surface area contributed by atoms with Crippen LogP contribution in [0.3, 0.4) is 0 Å². The van der Waals surface area contributed by atoms with Gasteiger partial charge in [-0.1, -0.05) is 29.8 Å². The van der Waals surface area contributed by atoms with Gasteiger partial charge in [-0.05, 0) is 78.7 Å². The van der Waals surface area contributed by atoms with Crippen molar-refractivity contribution in [2.24, 2.45) is 0 Å². The third kappa shape index (κ3) is 11.1. The maximum atomic E-state index is 12.4. The highest BCUT2D eigenvalue weighted by atomic mass is 79.9. The number of piperidine rings is 1. The molecule has 0 spiro atoms. The standard InChI is InChI=1S/C27H34BrClN4O2.C2H2O4/c1-31-12-10-23(11-13-31)33-16-14-32(15-17-33)18-19-35-26-20-22(7-8-24(26)28)30-27(34)9-6-21-4-2-3-5-25(21)29;3-1(4)2(5)6/h2-9,20,23H,10-19H2,1H3,(H,30,34);(H,3,4)(H,5,6)/b9-6+;. The zero-order valence-electron chi connectivity index (χ0n) is 23.0. The van der Waals surface area contributed by atoms with E-state index in [-0.39, 0.29) is 5.91 Å². The lowest BCUT2D eigenvalue weighted by Crippen LogP contribution is -2.53. The Morgan fingerprint density at radius 2 is 1.68 bits per heavy atom. The SMILES string of the molecule is CN1CCC(N2CCN(CCOc3cc(NC(=O)/C=C/c4ccccc4Cl)ccc3Br)CC2)CC1.O=C(O)C(=O)O. The van der Waals surface area contributed by atoms with Crippen molar-refractivity contribution < 1.29 is 29.3 Å². The quantitative estimate of drug-likeness (QED) is 0.287. The molecule has 2 aromatic carbocycles. The van der Waals surface area contributed by atoms with E-state index in [0.717, 1.165) is 54.6 Å². The van der Waals surface area contributed by atoms with Gasteiger partial charge in [0.2, 0.25) is 5.91 Å². The number of hydrogen-bond acceptors (Lipinski definition) is 7. The largest absolute Gasteiger partial charge is 0.491 e. The maximum Gasteiger partial charge on any atom is 0.414 e. The van der Waals surface area contributed by atoms with Crippen LogP contribution in [0.25, 0.3) is 6.08 Å². The maximum absolute atomic E-state index is 12.4. The van der Waals surface area contributed by atoms with Crippen LogP contribution < -0.4 is 10.1 Å². The number of piperazine rings is 1. The number of carboxylic acid groups (broad SMARTS) is 2. The lowest BCUT2D eigenvalue weighted by molar-refractivity contribution is -0.159. The molecule has 2 saturated heterocycles. The molecular weight excluding hydrogens is 616 g/mol. The van der Waals surface area contributed by atoms with Crippen LogP contribution >= 0.6 is 27.5 Å². The fraction of sp³-hybridized carbons (Fsp3) is 0.414. The number of amides is 1. The summed E-state index contributed by atoms with van der Waals surface area (Å²) in [6.45, 7) is 8.38. The molecule has 0 atom stereocenters. The summed E-state index contributed by atoms with van der Waals surface area (Å²) < 4.78 is 6.94. The van der Waals surface area contributed by atoms with Crippen LogP contribution in [0.1, 0.15) is 18.4 Å². The van der Waals surface area contributed by atoms with Crippen LogP contribution in [0.5, 0.6) is 5.75 Å². The second-order valence-corrected chi connectivity index (χ2v) is 11.1. The molecule has 3 N–H and O–H groups in total. The van der Waals surface area contributed by atoms with E-state index in [1.54, 1.807) is 12.1 Å². The van der Waals surface area contributed by atoms with E-state index in [2.05, 4.69) is 43.0 Å². The van der Waals surface area contributed by atoms with Gasteiger partial charge in [0.1, 0.15) is 12.4 Å². The number of anilines is 1. The lowest BCUT2D eigenvalue weighted by Gasteiger charge is -2.42. The molecule has 0 aliphatic carbocycles. The summed E-state index contributed by atoms with van der Waals surface area (Å²) in [5, 5.41) is 18.3. The summed E-state index contributed by atoms with van der Waals surface area (Å²) in [5.74, 6) is -3.14. The van der Waals surface area contributed by atoms with Crippen molar-refractivity contribution in [3.63, 3.8) is 0 Å². The number of ether oxygens (including phenoxy) is 1. The molecule has 1 amide bonds. The lowest BCUT2D eigenvalue weighted by atomic mass is 10.0. The van der Waals surface area contributed by atoms with E-state index in [4.69, 9.17) is 36.1 Å². The normalized spacial score (nSPS) is 17.0. The number of rotatable bonds is 8. The highest BCUT2D eigenvalue weighted by molar-refractivity contribution is 9.10. The molecule has 0 radical (unpaired) electrons. The Bertz CT molecular complexity index is 1200. The molecule has 0 saturated carbocycles. The zero-order valence-corrected chi connectivity index (χ0v) is 25.3.